The highest BCUT2D eigenvalue weighted by Gasteiger charge is 2.31. The molecular weight excluding hydrogens is 714 g/mol. The number of rotatable bonds is 8. The van der Waals surface area contributed by atoms with Crippen molar-refractivity contribution in [2.24, 2.45) is 5.73 Å². The van der Waals surface area contributed by atoms with E-state index in [1.54, 1.807) is 20.3 Å². The van der Waals surface area contributed by atoms with Gasteiger partial charge in [0.15, 0.2) is 0 Å². The molecule has 1 aliphatic rings. The molecule has 296 valence electrons. The Kier molecular flexibility index (Phi) is 14.0. The highest BCUT2D eigenvalue weighted by atomic mass is 16.5. The number of amides is 4. The molecule has 1 aliphatic heterocycles. The van der Waals surface area contributed by atoms with Crippen molar-refractivity contribution in [3.63, 3.8) is 0 Å². The number of carbonyl (C=O) groups is 5. The summed E-state index contributed by atoms with van der Waals surface area (Å²) in [6.45, 7) is 3.19. The van der Waals surface area contributed by atoms with Gasteiger partial charge >= 0.3 is 5.97 Å². The molecule has 0 aliphatic carbocycles. The molecule has 0 radical (unpaired) electrons. The van der Waals surface area contributed by atoms with E-state index < -0.39 is 53.8 Å². The van der Waals surface area contributed by atoms with Crippen LogP contribution in [0.3, 0.4) is 0 Å². The molecule has 1 heterocycles. The summed E-state index contributed by atoms with van der Waals surface area (Å²) < 4.78 is 17.5. The second kappa shape index (κ2) is 19.1. The van der Waals surface area contributed by atoms with E-state index in [1.807, 2.05) is 60.7 Å². The fraction of sp³-hybridized carbons (Fsp3) is 0.372. The molecule has 0 aromatic heterocycles. The monoisotopic (exact) mass is 765 g/mol. The van der Waals surface area contributed by atoms with E-state index in [0.29, 0.717) is 42.9 Å². The van der Waals surface area contributed by atoms with Gasteiger partial charge in [-0.3, -0.25) is 19.2 Å². The number of nitrogens with two attached hydrogens (primary N) is 1. The minimum atomic E-state index is -1.11. The van der Waals surface area contributed by atoms with Gasteiger partial charge in [0.05, 0.1) is 21.3 Å². The van der Waals surface area contributed by atoms with Gasteiger partial charge in [0.2, 0.25) is 23.6 Å². The van der Waals surface area contributed by atoms with Gasteiger partial charge in [-0.25, -0.2) is 4.79 Å². The standard InChI is InChI=1S/C43H51N5O8/c1-25-40(50)47-33(19-12-13-21-44)41(51)48-34(43(53)56-5)20-11-8-16-29-22-27-14-6-9-17-31(27)36(38(29)54-3)37-32-18-10-7-15-28(32)23-30(39(37)55-4)24-35(42(52)45-25)46-26(2)49/h6-11,14-15,17-18,22-23,25,33-35H,12-13,16,19-21,24,44H2,1-5H3,(H,45,52)(H,46,49)(H,47,50)(H,48,51)/b11-8-/t25-,33-,34?,35?/m0/s1. The van der Waals surface area contributed by atoms with Crippen molar-refractivity contribution in [1.82, 2.24) is 21.3 Å². The number of nitrogens with one attached hydrogen (secondary N) is 4. The average molecular weight is 766 g/mol. The first-order valence-electron chi connectivity index (χ1n) is 18.8. The zero-order chi connectivity index (χ0) is 40.4. The minimum absolute atomic E-state index is 0.0163. The fourth-order valence-corrected chi connectivity index (χ4v) is 7.22. The first-order valence-corrected chi connectivity index (χ1v) is 18.8. The summed E-state index contributed by atoms with van der Waals surface area (Å²) in [5.74, 6) is -1.83. The van der Waals surface area contributed by atoms with Gasteiger partial charge in [0, 0.05) is 24.5 Å². The van der Waals surface area contributed by atoms with E-state index >= 15 is 0 Å². The SMILES string of the molecule is COC(=O)C1C/C=C\Cc2cc3ccccc3c(c2OC)-c2c(OC)c(cc3ccccc23)CC(NC(C)=O)C(=O)N[C@@H](C)C(=O)N[C@@H](CCCCN)C(=O)N1. The minimum Gasteiger partial charge on any atom is -0.496 e. The number of ether oxygens (including phenoxy) is 3. The van der Waals surface area contributed by atoms with Gasteiger partial charge in [0.1, 0.15) is 35.7 Å². The van der Waals surface area contributed by atoms with Gasteiger partial charge in [-0.2, -0.15) is 0 Å². The van der Waals surface area contributed by atoms with Gasteiger partial charge in [0.25, 0.3) is 0 Å². The lowest BCUT2D eigenvalue weighted by Gasteiger charge is -2.25. The second-order valence-electron chi connectivity index (χ2n) is 13.9. The summed E-state index contributed by atoms with van der Waals surface area (Å²) in [5, 5.41) is 14.6. The lowest BCUT2D eigenvalue weighted by molar-refractivity contribution is -0.145. The molecule has 56 heavy (non-hydrogen) atoms. The van der Waals surface area contributed by atoms with Crippen molar-refractivity contribution in [2.75, 3.05) is 27.9 Å². The number of hydrogen-bond donors (Lipinski definition) is 5. The second-order valence-corrected chi connectivity index (χ2v) is 13.9. The molecule has 13 nitrogen and oxygen atoms in total. The van der Waals surface area contributed by atoms with E-state index in [0.717, 1.165) is 38.2 Å². The van der Waals surface area contributed by atoms with Crippen molar-refractivity contribution in [1.29, 1.82) is 0 Å². The molecule has 4 atom stereocenters. The number of fused-ring (bicyclic) bond motifs is 9. The Bertz CT molecular complexity index is 2130. The van der Waals surface area contributed by atoms with E-state index in [1.165, 1.54) is 21.0 Å². The van der Waals surface area contributed by atoms with Crippen LogP contribution in [0.4, 0.5) is 0 Å². The van der Waals surface area contributed by atoms with Crippen molar-refractivity contribution in [2.45, 2.75) is 76.5 Å². The third-order valence-electron chi connectivity index (χ3n) is 9.94. The Hall–Kier alpha value is -5.95. The Morgan fingerprint density at radius 2 is 1.39 bits per heavy atom. The number of esters is 1. The molecule has 4 aromatic carbocycles. The van der Waals surface area contributed by atoms with Crippen LogP contribution in [0, 0.1) is 0 Å². The molecular formula is C43H51N5O8. The van der Waals surface area contributed by atoms with E-state index in [9.17, 15) is 24.0 Å². The Morgan fingerprint density at radius 1 is 0.786 bits per heavy atom. The first kappa shape index (κ1) is 41.2. The van der Waals surface area contributed by atoms with E-state index in [-0.39, 0.29) is 19.3 Å². The quantitative estimate of drug-likeness (QED) is 0.100. The molecule has 13 heteroatoms. The van der Waals surface area contributed by atoms with Crippen LogP contribution in [-0.4, -0.2) is 81.6 Å². The number of carbonyl (C=O) groups excluding carboxylic acids is 5. The topological polar surface area (TPSA) is 187 Å². The Morgan fingerprint density at radius 3 is 1.98 bits per heavy atom. The van der Waals surface area contributed by atoms with Crippen molar-refractivity contribution >= 4 is 51.1 Å². The molecule has 5 rings (SSSR count). The zero-order valence-corrected chi connectivity index (χ0v) is 32.5. The summed E-state index contributed by atoms with van der Waals surface area (Å²) in [5.41, 5.74) is 8.72. The van der Waals surface area contributed by atoms with Gasteiger partial charge < -0.3 is 41.2 Å². The molecule has 6 N–H and O–H groups in total. The normalized spacial score (nSPS) is 20.1. The highest BCUT2D eigenvalue weighted by Crippen LogP contribution is 2.48. The Balaban J connectivity index is 1.73. The summed E-state index contributed by atoms with van der Waals surface area (Å²) in [6.07, 6.45) is 5.61. The highest BCUT2D eigenvalue weighted by molar-refractivity contribution is 6.11. The number of methoxy groups -OCH3 is 3. The molecule has 4 amide bonds. The summed E-state index contributed by atoms with van der Waals surface area (Å²) in [4.78, 5) is 66.7. The Labute approximate surface area is 326 Å². The number of allylic oxidation sites excluding steroid dienone is 1. The van der Waals surface area contributed by atoms with Crippen LogP contribution in [0.15, 0.2) is 72.8 Å². The molecule has 4 aromatic rings. The maximum atomic E-state index is 14.0. The maximum Gasteiger partial charge on any atom is 0.328 e. The van der Waals surface area contributed by atoms with Gasteiger partial charge in [-0.05, 0) is 90.4 Å². The van der Waals surface area contributed by atoms with E-state index in [4.69, 9.17) is 19.9 Å². The molecule has 4 bridgehead atoms. The summed E-state index contributed by atoms with van der Waals surface area (Å²) >= 11 is 0. The van der Waals surface area contributed by atoms with Crippen LogP contribution < -0.4 is 36.5 Å². The van der Waals surface area contributed by atoms with Crippen LogP contribution in [0.1, 0.15) is 50.7 Å². The predicted molar refractivity (Wildman–Crippen MR) is 215 cm³/mol. The zero-order valence-electron chi connectivity index (χ0n) is 32.5. The van der Waals surface area contributed by atoms with E-state index in [2.05, 4.69) is 27.3 Å². The van der Waals surface area contributed by atoms with Gasteiger partial charge in [-0.15, -0.1) is 0 Å². The lowest BCUT2D eigenvalue weighted by Crippen LogP contribution is -2.57. The van der Waals surface area contributed by atoms with Crippen molar-refractivity contribution < 1.29 is 38.2 Å². The summed E-state index contributed by atoms with van der Waals surface area (Å²) in [6, 6.07) is 15.5. The molecule has 0 fully saturated rings. The largest absolute Gasteiger partial charge is 0.496 e. The van der Waals surface area contributed by atoms with Crippen LogP contribution in [-0.2, 0) is 41.6 Å². The smallest absolute Gasteiger partial charge is 0.328 e. The number of unbranched alkanes of at least 4 members (excludes halogenated alkanes) is 1. The first-order chi connectivity index (χ1) is 27.0. The fourth-order valence-electron chi connectivity index (χ4n) is 7.22. The maximum absolute atomic E-state index is 14.0. The van der Waals surface area contributed by atoms with Crippen molar-refractivity contribution in [3.8, 4) is 22.6 Å². The third-order valence-corrected chi connectivity index (χ3v) is 9.94. The molecule has 0 saturated heterocycles. The molecule has 0 saturated carbocycles. The average Bonchev–Trinajstić information content (AvgIpc) is 3.19. The van der Waals surface area contributed by atoms with Crippen LogP contribution in [0.2, 0.25) is 0 Å². The van der Waals surface area contributed by atoms with Crippen LogP contribution in [0.25, 0.3) is 32.7 Å². The number of benzene rings is 4. The van der Waals surface area contributed by atoms with Gasteiger partial charge in [-0.1, -0.05) is 60.7 Å². The van der Waals surface area contributed by atoms with Crippen molar-refractivity contribution in [3.05, 3.63) is 83.9 Å². The molecule has 0 spiro atoms. The third kappa shape index (κ3) is 9.46. The van der Waals surface area contributed by atoms with Crippen LogP contribution in [0.5, 0.6) is 11.5 Å². The van der Waals surface area contributed by atoms with Crippen LogP contribution >= 0.6 is 0 Å². The molecule has 2 unspecified atom stereocenters. The summed E-state index contributed by atoms with van der Waals surface area (Å²) in [7, 11) is 4.42. The number of hydrogen-bond acceptors (Lipinski definition) is 9. The lowest BCUT2D eigenvalue weighted by atomic mass is 9.87. The predicted octanol–water partition coefficient (Wildman–Crippen LogP) is 4.00.